The van der Waals surface area contributed by atoms with Gasteiger partial charge in [0.15, 0.2) is 0 Å². The van der Waals surface area contributed by atoms with Crippen LogP contribution in [0.25, 0.3) is 10.8 Å². The molecule has 1 aliphatic heterocycles. The molecule has 0 saturated carbocycles. The lowest BCUT2D eigenvalue weighted by Gasteiger charge is -2.17. The molecular formula is C20H15N3O4. The van der Waals surface area contributed by atoms with Crippen LogP contribution in [-0.2, 0) is 4.79 Å². The van der Waals surface area contributed by atoms with Crippen molar-refractivity contribution in [2.75, 3.05) is 16.8 Å². The lowest BCUT2D eigenvalue weighted by Crippen LogP contribution is -2.35. The summed E-state index contributed by atoms with van der Waals surface area (Å²) in [5.74, 6) is -0.649. The molecule has 0 spiro atoms. The summed E-state index contributed by atoms with van der Waals surface area (Å²) in [4.78, 5) is 37.3. The fraction of sp³-hybridized carbons (Fsp3) is 0.100. The highest BCUT2D eigenvalue weighted by molar-refractivity contribution is 6.26. The van der Waals surface area contributed by atoms with Crippen LogP contribution in [0.3, 0.4) is 0 Å². The van der Waals surface area contributed by atoms with Crippen molar-refractivity contribution < 1.29 is 14.5 Å². The van der Waals surface area contributed by atoms with Gasteiger partial charge in [-0.1, -0.05) is 30.3 Å². The first-order valence-electron chi connectivity index (χ1n) is 8.35. The summed E-state index contributed by atoms with van der Waals surface area (Å²) in [5.41, 5.74) is 1.93. The van der Waals surface area contributed by atoms with Crippen LogP contribution in [0.2, 0.25) is 0 Å². The molecule has 7 nitrogen and oxygen atoms in total. The Morgan fingerprint density at radius 2 is 1.81 bits per heavy atom. The highest BCUT2D eigenvalue weighted by Crippen LogP contribution is 2.37. The second kappa shape index (κ2) is 6.21. The van der Waals surface area contributed by atoms with Gasteiger partial charge in [-0.05, 0) is 30.5 Å². The number of nitrogens with one attached hydrogen (secondary N) is 1. The van der Waals surface area contributed by atoms with Crippen molar-refractivity contribution in [3.63, 3.8) is 0 Å². The van der Waals surface area contributed by atoms with Gasteiger partial charge in [-0.25, -0.2) is 0 Å². The number of nitrogens with zero attached hydrogens (tertiary/aromatic N) is 2. The van der Waals surface area contributed by atoms with Crippen LogP contribution < -0.4 is 10.2 Å². The maximum atomic E-state index is 12.7. The van der Waals surface area contributed by atoms with Gasteiger partial charge in [0.25, 0.3) is 11.6 Å². The maximum absolute atomic E-state index is 12.7. The maximum Gasteiger partial charge on any atom is 0.274 e. The minimum Gasteiger partial charge on any atom is -0.324 e. The Bertz CT molecular complexity index is 1120. The van der Waals surface area contributed by atoms with Crippen LogP contribution in [-0.4, -0.2) is 23.3 Å². The number of amides is 2. The molecule has 2 amide bonds. The minimum atomic E-state index is -0.494. The highest BCUT2D eigenvalue weighted by atomic mass is 16.6. The van der Waals surface area contributed by atoms with E-state index in [0.29, 0.717) is 22.5 Å². The van der Waals surface area contributed by atoms with E-state index in [4.69, 9.17) is 0 Å². The van der Waals surface area contributed by atoms with Gasteiger partial charge in [-0.2, -0.15) is 0 Å². The van der Waals surface area contributed by atoms with Crippen molar-refractivity contribution in [3.8, 4) is 0 Å². The standard InChI is InChI=1S/C20H15N3O4/c1-12-15(8-4-9-16(12)23(26)27)21-18(24)11-22-17-10-3-6-13-5-2-7-14(19(13)17)20(22)25/h2-10H,11H2,1H3,(H,21,24). The van der Waals surface area contributed by atoms with Crippen LogP contribution in [0.15, 0.2) is 54.6 Å². The molecule has 0 bridgehead atoms. The number of nitro groups is 1. The number of rotatable bonds is 4. The Hall–Kier alpha value is -3.74. The topological polar surface area (TPSA) is 92.6 Å². The van der Waals surface area contributed by atoms with E-state index in [0.717, 1.165) is 10.8 Å². The van der Waals surface area contributed by atoms with Gasteiger partial charge in [0, 0.05) is 17.0 Å². The monoisotopic (exact) mass is 361 g/mol. The van der Waals surface area contributed by atoms with E-state index in [1.807, 2.05) is 30.3 Å². The minimum absolute atomic E-state index is 0.0674. The Labute approximate surface area is 154 Å². The normalized spacial score (nSPS) is 12.5. The zero-order valence-electron chi connectivity index (χ0n) is 14.4. The molecule has 0 radical (unpaired) electrons. The van der Waals surface area contributed by atoms with E-state index >= 15 is 0 Å². The van der Waals surface area contributed by atoms with Gasteiger partial charge < -0.3 is 5.32 Å². The summed E-state index contributed by atoms with van der Waals surface area (Å²) in [5, 5.41) is 15.5. The van der Waals surface area contributed by atoms with E-state index in [1.54, 1.807) is 19.1 Å². The zero-order valence-corrected chi connectivity index (χ0v) is 14.4. The number of hydrogen-bond donors (Lipinski definition) is 1. The summed E-state index contributed by atoms with van der Waals surface area (Å²) < 4.78 is 0. The Morgan fingerprint density at radius 1 is 1.11 bits per heavy atom. The quantitative estimate of drug-likeness (QED) is 0.567. The molecule has 1 aliphatic rings. The first-order valence-corrected chi connectivity index (χ1v) is 8.35. The molecule has 1 N–H and O–H groups in total. The molecule has 1 heterocycles. The number of carbonyl (C=O) groups excluding carboxylic acids is 2. The zero-order chi connectivity index (χ0) is 19.1. The van der Waals surface area contributed by atoms with Crippen molar-refractivity contribution in [1.82, 2.24) is 0 Å². The predicted molar refractivity (Wildman–Crippen MR) is 102 cm³/mol. The van der Waals surface area contributed by atoms with Gasteiger partial charge in [-0.3, -0.25) is 24.6 Å². The fourth-order valence-electron chi connectivity index (χ4n) is 3.43. The van der Waals surface area contributed by atoms with E-state index in [-0.39, 0.29) is 18.1 Å². The predicted octanol–water partition coefficient (Wildman–Crippen LogP) is 3.66. The molecule has 0 saturated heterocycles. The average Bonchev–Trinajstić information content (AvgIpc) is 2.91. The first kappa shape index (κ1) is 16.7. The second-order valence-electron chi connectivity index (χ2n) is 6.33. The van der Waals surface area contributed by atoms with Gasteiger partial charge in [0.05, 0.1) is 21.9 Å². The van der Waals surface area contributed by atoms with Gasteiger partial charge in [0.2, 0.25) is 5.91 Å². The van der Waals surface area contributed by atoms with Crippen LogP contribution in [0.5, 0.6) is 0 Å². The molecular weight excluding hydrogens is 346 g/mol. The summed E-state index contributed by atoms with van der Waals surface area (Å²) in [7, 11) is 0. The van der Waals surface area contributed by atoms with E-state index < -0.39 is 10.8 Å². The Morgan fingerprint density at radius 3 is 2.56 bits per heavy atom. The first-order chi connectivity index (χ1) is 13.0. The van der Waals surface area contributed by atoms with Crippen molar-refractivity contribution >= 4 is 39.6 Å². The number of anilines is 2. The van der Waals surface area contributed by atoms with Gasteiger partial charge in [-0.15, -0.1) is 0 Å². The Kier molecular flexibility index (Phi) is 3.84. The molecule has 0 fully saturated rings. The summed E-state index contributed by atoms with van der Waals surface area (Å²) in [6.45, 7) is 1.40. The third-order valence-corrected chi connectivity index (χ3v) is 4.73. The SMILES string of the molecule is Cc1c(NC(=O)CN2C(=O)c3cccc4cccc2c34)cccc1[N+](=O)[O-]. The van der Waals surface area contributed by atoms with E-state index in [2.05, 4.69) is 5.32 Å². The number of hydrogen-bond acceptors (Lipinski definition) is 4. The molecule has 27 heavy (non-hydrogen) atoms. The van der Waals surface area contributed by atoms with E-state index in [9.17, 15) is 19.7 Å². The molecule has 3 aromatic carbocycles. The molecule has 0 atom stereocenters. The van der Waals surface area contributed by atoms with Crippen molar-refractivity contribution in [2.24, 2.45) is 0 Å². The summed E-state index contributed by atoms with van der Waals surface area (Å²) in [6.07, 6.45) is 0. The summed E-state index contributed by atoms with van der Waals surface area (Å²) in [6, 6.07) is 15.5. The molecule has 7 heteroatoms. The second-order valence-corrected chi connectivity index (χ2v) is 6.33. The molecule has 4 rings (SSSR count). The molecule has 0 aromatic heterocycles. The fourth-order valence-corrected chi connectivity index (χ4v) is 3.43. The lowest BCUT2D eigenvalue weighted by atomic mass is 10.1. The van der Waals surface area contributed by atoms with Gasteiger partial charge >= 0.3 is 0 Å². The van der Waals surface area contributed by atoms with Crippen LogP contribution in [0, 0.1) is 17.0 Å². The third kappa shape index (κ3) is 2.69. The largest absolute Gasteiger partial charge is 0.324 e. The van der Waals surface area contributed by atoms with Crippen LogP contribution in [0.1, 0.15) is 15.9 Å². The Balaban J connectivity index is 1.60. The molecule has 134 valence electrons. The van der Waals surface area contributed by atoms with Crippen molar-refractivity contribution in [3.05, 3.63) is 75.8 Å². The van der Waals surface area contributed by atoms with Gasteiger partial charge in [0.1, 0.15) is 6.54 Å². The van der Waals surface area contributed by atoms with Crippen molar-refractivity contribution in [2.45, 2.75) is 6.92 Å². The highest BCUT2D eigenvalue weighted by Gasteiger charge is 2.31. The van der Waals surface area contributed by atoms with E-state index in [1.165, 1.54) is 17.0 Å². The smallest absolute Gasteiger partial charge is 0.274 e. The molecule has 0 aliphatic carbocycles. The summed E-state index contributed by atoms with van der Waals surface area (Å²) >= 11 is 0. The lowest BCUT2D eigenvalue weighted by molar-refractivity contribution is -0.385. The number of carbonyl (C=O) groups is 2. The number of benzene rings is 3. The molecule has 3 aromatic rings. The van der Waals surface area contributed by atoms with Crippen LogP contribution >= 0.6 is 0 Å². The average molecular weight is 361 g/mol. The molecule has 0 unspecified atom stereocenters. The van der Waals surface area contributed by atoms with Crippen LogP contribution in [0.4, 0.5) is 17.1 Å². The third-order valence-electron chi connectivity index (χ3n) is 4.73. The number of nitro benzene ring substituents is 1. The van der Waals surface area contributed by atoms with Crippen molar-refractivity contribution in [1.29, 1.82) is 0 Å².